The molecule has 2 aliphatic rings. The first-order chi connectivity index (χ1) is 16.6. The van der Waals surface area contributed by atoms with Crippen molar-refractivity contribution in [1.82, 2.24) is 29.7 Å². The van der Waals surface area contributed by atoms with E-state index in [2.05, 4.69) is 38.8 Å². The van der Waals surface area contributed by atoms with Crippen molar-refractivity contribution in [2.24, 2.45) is 0 Å². The molecule has 1 aromatic carbocycles. The first-order valence-corrected chi connectivity index (χ1v) is 11.3. The molecular formula is C25H24N8O. The molecule has 1 saturated carbocycles. The zero-order chi connectivity index (χ0) is 23.1. The molecule has 4 heterocycles. The maximum atomic E-state index is 11.7. The summed E-state index contributed by atoms with van der Waals surface area (Å²) in [7, 11) is 0. The Bertz CT molecular complexity index is 1430. The lowest BCUT2D eigenvalue weighted by Crippen LogP contribution is -2.11. The van der Waals surface area contributed by atoms with Gasteiger partial charge in [-0.15, -0.1) is 0 Å². The van der Waals surface area contributed by atoms with Crippen LogP contribution in [0.4, 0.5) is 11.6 Å². The molecule has 4 aromatic rings. The van der Waals surface area contributed by atoms with E-state index in [1.165, 1.54) is 0 Å². The molecular weight excluding hydrogens is 428 g/mol. The van der Waals surface area contributed by atoms with Crippen LogP contribution < -0.4 is 16.0 Å². The molecule has 9 heteroatoms. The van der Waals surface area contributed by atoms with Crippen LogP contribution in [0, 0.1) is 0 Å². The number of anilines is 2. The number of nitrogens with zero attached hydrogens (tertiary/aromatic N) is 5. The molecule has 9 nitrogen and oxygen atoms in total. The second kappa shape index (κ2) is 8.18. The second-order valence-electron chi connectivity index (χ2n) is 8.59. The summed E-state index contributed by atoms with van der Waals surface area (Å²) in [5.41, 5.74) is 5.16. The van der Waals surface area contributed by atoms with Crippen LogP contribution >= 0.6 is 0 Å². The van der Waals surface area contributed by atoms with E-state index in [0.29, 0.717) is 30.4 Å². The van der Waals surface area contributed by atoms with Crippen molar-refractivity contribution in [3.8, 4) is 5.69 Å². The van der Waals surface area contributed by atoms with Gasteiger partial charge in [0.15, 0.2) is 5.65 Å². The number of carbonyl (C=O) groups excluding carboxylic acids is 1. The Hall–Kier alpha value is -4.40. The SMILES string of the molecule is C=C1NC(=O)C/C1=C\c1cnn2c(NC3CC3)cc(NCc3ccccc3-n3cccn3)nc12. The summed E-state index contributed by atoms with van der Waals surface area (Å²) in [5, 5.41) is 18.7. The van der Waals surface area contributed by atoms with Crippen LogP contribution in [0.5, 0.6) is 0 Å². The molecule has 1 amide bonds. The van der Waals surface area contributed by atoms with E-state index in [-0.39, 0.29) is 5.91 Å². The monoisotopic (exact) mass is 452 g/mol. The highest BCUT2D eigenvalue weighted by Crippen LogP contribution is 2.29. The first-order valence-electron chi connectivity index (χ1n) is 11.3. The Morgan fingerprint density at radius 2 is 2.09 bits per heavy atom. The molecule has 3 N–H and O–H groups in total. The highest BCUT2D eigenvalue weighted by Gasteiger charge is 2.24. The third-order valence-corrected chi connectivity index (χ3v) is 5.99. The standard InChI is InChI=1S/C25H24N8O/c1-16-18(12-24(34)29-16)11-19-15-28-33-23(30-20-7-8-20)13-22(31-25(19)33)26-14-17-5-2-3-6-21(17)32-10-4-9-27-32/h2-6,9-11,13,15,20,30H,1,7-8,12,14H2,(H,26,31)(H,29,34)/b18-11+. The van der Waals surface area contributed by atoms with Crippen molar-refractivity contribution in [2.75, 3.05) is 10.6 Å². The lowest BCUT2D eigenvalue weighted by atomic mass is 10.1. The van der Waals surface area contributed by atoms with Crippen LogP contribution in [0.25, 0.3) is 17.4 Å². The van der Waals surface area contributed by atoms with Gasteiger partial charge in [-0.05, 0) is 42.2 Å². The fourth-order valence-electron chi connectivity index (χ4n) is 4.09. The van der Waals surface area contributed by atoms with E-state index in [1.807, 2.05) is 51.8 Å². The second-order valence-corrected chi connectivity index (χ2v) is 8.59. The number of para-hydroxylation sites is 1. The smallest absolute Gasteiger partial charge is 0.228 e. The number of aromatic nitrogens is 5. The van der Waals surface area contributed by atoms with E-state index >= 15 is 0 Å². The molecule has 1 saturated heterocycles. The van der Waals surface area contributed by atoms with Crippen LogP contribution in [0.15, 0.2) is 72.8 Å². The normalized spacial score (nSPS) is 16.9. The van der Waals surface area contributed by atoms with Gasteiger partial charge in [-0.2, -0.15) is 14.7 Å². The summed E-state index contributed by atoms with van der Waals surface area (Å²) < 4.78 is 3.68. The fraction of sp³-hybridized carbons (Fsp3) is 0.200. The van der Waals surface area contributed by atoms with Gasteiger partial charge in [0.1, 0.15) is 11.6 Å². The van der Waals surface area contributed by atoms with Gasteiger partial charge in [0.2, 0.25) is 5.91 Å². The van der Waals surface area contributed by atoms with Crippen LogP contribution in [0.2, 0.25) is 0 Å². The Morgan fingerprint density at radius 3 is 2.85 bits per heavy atom. The number of hydrogen-bond donors (Lipinski definition) is 3. The van der Waals surface area contributed by atoms with Gasteiger partial charge in [-0.3, -0.25) is 4.79 Å². The number of rotatable bonds is 7. The Morgan fingerprint density at radius 1 is 1.21 bits per heavy atom. The third kappa shape index (κ3) is 3.92. The van der Waals surface area contributed by atoms with Crippen molar-refractivity contribution in [2.45, 2.75) is 31.8 Å². The minimum Gasteiger partial charge on any atom is -0.367 e. The van der Waals surface area contributed by atoms with E-state index in [4.69, 9.17) is 4.98 Å². The van der Waals surface area contributed by atoms with Gasteiger partial charge in [0.05, 0.1) is 18.3 Å². The minimum absolute atomic E-state index is 0.0463. The van der Waals surface area contributed by atoms with Crippen molar-refractivity contribution >= 4 is 29.3 Å². The molecule has 0 radical (unpaired) electrons. The first kappa shape index (κ1) is 20.2. The average Bonchev–Trinajstić information content (AvgIpc) is 3.20. The number of allylic oxidation sites excluding steroid dienone is 1. The number of benzene rings is 1. The van der Waals surface area contributed by atoms with Crippen molar-refractivity contribution in [3.63, 3.8) is 0 Å². The maximum absolute atomic E-state index is 11.7. The van der Waals surface area contributed by atoms with Crippen LogP contribution in [0.1, 0.15) is 30.4 Å². The highest BCUT2D eigenvalue weighted by molar-refractivity contribution is 5.89. The van der Waals surface area contributed by atoms with Gasteiger partial charge in [-0.25, -0.2) is 9.67 Å². The lowest BCUT2D eigenvalue weighted by Gasteiger charge is -2.13. The zero-order valence-corrected chi connectivity index (χ0v) is 18.5. The zero-order valence-electron chi connectivity index (χ0n) is 18.5. The molecule has 3 aromatic heterocycles. The van der Waals surface area contributed by atoms with Gasteiger partial charge in [0, 0.05) is 42.3 Å². The molecule has 0 atom stereocenters. The molecule has 0 spiro atoms. The summed E-state index contributed by atoms with van der Waals surface area (Å²) in [6, 6.07) is 12.5. The number of carbonyl (C=O) groups is 1. The van der Waals surface area contributed by atoms with Gasteiger partial charge < -0.3 is 16.0 Å². The summed E-state index contributed by atoms with van der Waals surface area (Å²) in [6.45, 7) is 4.53. The molecule has 1 aliphatic carbocycles. The van der Waals surface area contributed by atoms with Crippen LogP contribution in [0.3, 0.4) is 0 Å². The van der Waals surface area contributed by atoms with Gasteiger partial charge >= 0.3 is 0 Å². The number of fused-ring (bicyclic) bond motifs is 1. The molecule has 34 heavy (non-hydrogen) atoms. The summed E-state index contributed by atoms with van der Waals surface area (Å²) in [6.07, 6.45) is 10.0. The molecule has 170 valence electrons. The van der Waals surface area contributed by atoms with E-state index < -0.39 is 0 Å². The average molecular weight is 453 g/mol. The van der Waals surface area contributed by atoms with Crippen molar-refractivity contribution in [1.29, 1.82) is 0 Å². The molecule has 1 aliphatic heterocycles. The minimum atomic E-state index is -0.0463. The Kier molecular flexibility index (Phi) is 4.87. The summed E-state index contributed by atoms with van der Waals surface area (Å²) in [4.78, 5) is 16.6. The predicted molar refractivity (Wildman–Crippen MR) is 130 cm³/mol. The third-order valence-electron chi connectivity index (χ3n) is 5.99. The predicted octanol–water partition coefficient (Wildman–Crippen LogP) is 3.52. The molecule has 0 bridgehead atoms. The number of nitrogens with one attached hydrogen (secondary N) is 3. The number of hydrogen-bond acceptors (Lipinski definition) is 6. The highest BCUT2D eigenvalue weighted by atomic mass is 16.1. The van der Waals surface area contributed by atoms with Crippen molar-refractivity contribution in [3.05, 3.63) is 84.0 Å². The molecule has 0 unspecified atom stereocenters. The van der Waals surface area contributed by atoms with E-state index in [0.717, 1.165) is 46.9 Å². The van der Waals surface area contributed by atoms with Gasteiger partial charge in [-0.1, -0.05) is 24.8 Å². The van der Waals surface area contributed by atoms with Crippen molar-refractivity contribution < 1.29 is 4.79 Å². The molecule has 6 rings (SSSR count). The van der Waals surface area contributed by atoms with E-state index in [9.17, 15) is 4.79 Å². The summed E-state index contributed by atoms with van der Waals surface area (Å²) >= 11 is 0. The fourth-order valence-corrected chi connectivity index (χ4v) is 4.09. The quantitative estimate of drug-likeness (QED) is 0.397. The maximum Gasteiger partial charge on any atom is 0.228 e. The number of amides is 1. The topological polar surface area (TPSA) is 101 Å². The Labute approximate surface area is 196 Å². The lowest BCUT2D eigenvalue weighted by molar-refractivity contribution is -0.118. The molecule has 2 fully saturated rings. The van der Waals surface area contributed by atoms with E-state index in [1.54, 1.807) is 12.4 Å². The van der Waals surface area contributed by atoms with Gasteiger partial charge in [0.25, 0.3) is 0 Å². The largest absolute Gasteiger partial charge is 0.367 e. The Balaban J connectivity index is 1.34. The van der Waals surface area contributed by atoms with Crippen LogP contribution in [-0.4, -0.2) is 36.3 Å². The van der Waals surface area contributed by atoms with Crippen LogP contribution in [-0.2, 0) is 11.3 Å². The summed E-state index contributed by atoms with van der Waals surface area (Å²) in [5.74, 6) is 1.58.